The van der Waals surface area contributed by atoms with Crippen molar-refractivity contribution in [2.45, 2.75) is 63.5 Å². The molecule has 112 valence electrons. The van der Waals surface area contributed by atoms with E-state index in [2.05, 4.69) is 10.6 Å². The van der Waals surface area contributed by atoms with Crippen molar-refractivity contribution in [3.63, 3.8) is 0 Å². The Morgan fingerprint density at radius 3 is 2.50 bits per heavy atom. The summed E-state index contributed by atoms with van der Waals surface area (Å²) in [7, 11) is 0. The molecule has 0 aromatic carbocycles. The number of nitrogens with one attached hydrogen (secondary N) is 2. The van der Waals surface area contributed by atoms with Crippen molar-refractivity contribution in [1.29, 1.82) is 0 Å². The fraction of sp³-hybridized carbons (Fsp3) is 0.867. The number of carboxylic acids is 1. The van der Waals surface area contributed by atoms with Gasteiger partial charge in [-0.05, 0) is 32.1 Å². The Morgan fingerprint density at radius 1 is 1.20 bits per heavy atom. The van der Waals surface area contributed by atoms with E-state index in [1.165, 1.54) is 6.42 Å². The van der Waals surface area contributed by atoms with Crippen LogP contribution in [0.3, 0.4) is 0 Å². The van der Waals surface area contributed by atoms with E-state index in [1.807, 2.05) is 0 Å². The van der Waals surface area contributed by atoms with Gasteiger partial charge in [-0.15, -0.1) is 0 Å². The van der Waals surface area contributed by atoms with Crippen molar-refractivity contribution in [1.82, 2.24) is 10.6 Å². The average Bonchev–Trinajstić information content (AvgIpc) is 3.08. The van der Waals surface area contributed by atoms with Gasteiger partial charge in [-0.1, -0.05) is 19.3 Å². The van der Waals surface area contributed by atoms with Crippen molar-refractivity contribution in [2.75, 3.05) is 6.54 Å². The summed E-state index contributed by atoms with van der Waals surface area (Å²) in [6, 6.07) is 0.811. The first kappa shape index (κ1) is 13.9. The second-order valence-electron chi connectivity index (χ2n) is 6.75. The highest BCUT2D eigenvalue weighted by atomic mass is 16.4. The van der Waals surface area contributed by atoms with Crippen LogP contribution in [-0.4, -0.2) is 35.6 Å². The summed E-state index contributed by atoms with van der Waals surface area (Å²) in [6.45, 7) is 0.301. The van der Waals surface area contributed by atoms with Gasteiger partial charge in [0.05, 0.1) is 11.3 Å². The standard InChI is InChI=1S/C15H24N2O3/c18-13(11-8-10-4-5-12(11)17-10)16-9-15(14(19)20)6-2-1-3-7-15/h10-12,17H,1-9H2,(H,16,18)(H,19,20). The maximum absolute atomic E-state index is 12.3. The van der Waals surface area contributed by atoms with Crippen molar-refractivity contribution in [2.24, 2.45) is 11.3 Å². The first-order valence-electron chi connectivity index (χ1n) is 7.88. The smallest absolute Gasteiger partial charge is 0.311 e. The quantitative estimate of drug-likeness (QED) is 0.725. The molecule has 1 aliphatic carbocycles. The Hall–Kier alpha value is -1.10. The molecule has 3 aliphatic rings. The predicted octanol–water partition coefficient (Wildman–Crippen LogP) is 1.28. The predicted molar refractivity (Wildman–Crippen MR) is 74.2 cm³/mol. The summed E-state index contributed by atoms with van der Waals surface area (Å²) in [5.41, 5.74) is -0.723. The van der Waals surface area contributed by atoms with Gasteiger partial charge in [0.15, 0.2) is 0 Å². The molecule has 20 heavy (non-hydrogen) atoms. The molecule has 5 nitrogen and oxygen atoms in total. The summed E-state index contributed by atoms with van der Waals surface area (Å²) in [4.78, 5) is 23.9. The lowest BCUT2D eigenvalue weighted by atomic mass is 9.74. The van der Waals surface area contributed by atoms with E-state index in [1.54, 1.807) is 0 Å². The number of hydrogen-bond donors (Lipinski definition) is 3. The van der Waals surface area contributed by atoms with Crippen LogP contribution in [0, 0.1) is 11.3 Å². The molecule has 0 radical (unpaired) electrons. The summed E-state index contributed by atoms with van der Waals surface area (Å²) in [6.07, 6.45) is 7.57. The van der Waals surface area contributed by atoms with Crippen molar-refractivity contribution in [3.05, 3.63) is 0 Å². The maximum Gasteiger partial charge on any atom is 0.311 e. The number of aliphatic carboxylic acids is 1. The van der Waals surface area contributed by atoms with Gasteiger partial charge in [0.1, 0.15) is 0 Å². The summed E-state index contributed by atoms with van der Waals surface area (Å²) in [5, 5.41) is 15.9. The van der Waals surface area contributed by atoms with E-state index < -0.39 is 11.4 Å². The Balaban J connectivity index is 1.57. The van der Waals surface area contributed by atoms with Crippen LogP contribution in [-0.2, 0) is 9.59 Å². The minimum atomic E-state index is -0.747. The minimum Gasteiger partial charge on any atom is -0.481 e. The van der Waals surface area contributed by atoms with Crippen molar-refractivity contribution in [3.8, 4) is 0 Å². The molecule has 2 aliphatic heterocycles. The average molecular weight is 280 g/mol. The number of fused-ring (bicyclic) bond motifs is 2. The number of carbonyl (C=O) groups excluding carboxylic acids is 1. The first-order chi connectivity index (χ1) is 9.61. The Morgan fingerprint density at radius 2 is 1.95 bits per heavy atom. The third kappa shape index (κ3) is 2.43. The monoisotopic (exact) mass is 280 g/mol. The van der Waals surface area contributed by atoms with Gasteiger partial charge in [0.25, 0.3) is 0 Å². The molecule has 3 atom stereocenters. The number of carboxylic acid groups (broad SMARTS) is 1. The molecule has 1 amide bonds. The van der Waals surface area contributed by atoms with Gasteiger partial charge in [-0.3, -0.25) is 9.59 Å². The van der Waals surface area contributed by atoms with Crippen LogP contribution >= 0.6 is 0 Å². The summed E-state index contributed by atoms with van der Waals surface area (Å²) in [5.74, 6) is -0.650. The van der Waals surface area contributed by atoms with Crippen LogP contribution in [0.4, 0.5) is 0 Å². The number of amides is 1. The van der Waals surface area contributed by atoms with Gasteiger partial charge < -0.3 is 15.7 Å². The molecule has 0 spiro atoms. The highest BCUT2D eigenvalue weighted by Gasteiger charge is 2.44. The van der Waals surface area contributed by atoms with Crippen molar-refractivity contribution >= 4 is 11.9 Å². The highest BCUT2D eigenvalue weighted by molar-refractivity contribution is 5.81. The van der Waals surface area contributed by atoms with Crippen LogP contribution < -0.4 is 10.6 Å². The minimum absolute atomic E-state index is 0.0446. The third-order valence-electron chi connectivity index (χ3n) is 5.50. The summed E-state index contributed by atoms with van der Waals surface area (Å²) >= 11 is 0. The fourth-order valence-electron chi connectivity index (χ4n) is 4.20. The van der Waals surface area contributed by atoms with E-state index in [9.17, 15) is 14.7 Å². The molecule has 3 N–H and O–H groups in total. The molecular weight excluding hydrogens is 256 g/mol. The number of rotatable bonds is 4. The zero-order valence-electron chi connectivity index (χ0n) is 11.9. The highest BCUT2D eigenvalue weighted by Crippen LogP contribution is 2.37. The van der Waals surface area contributed by atoms with Crippen LogP contribution in [0.5, 0.6) is 0 Å². The zero-order chi connectivity index (χ0) is 14.2. The lowest BCUT2D eigenvalue weighted by Gasteiger charge is -2.33. The number of carbonyl (C=O) groups is 2. The normalized spacial score (nSPS) is 34.9. The molecule has 3 unspecified atom stereocenters. The van der Waals surface area contributed by atoms with Crippen LogP contribution in [0.1, 0.15) is 51.4 Å². The van der Waals surface area contributed by atoms with E-state index in [0.717, 1.165) is 32.1 Å². The molecule has 3 rings (SSSR count). The van der Waals surface area contributed by atoms with Gasteiger partial charge in [-0.2, -0.15) is 0 Å². The lowest BCUT2D eigenvalue weighted by molar-refractivity contribution is -0.151. The largest absolute Gasteiger partial charge is 0.481 e. The topological polar surface area (TPSA) is 78.4 Å². The second-order valence-corrected chi connectivity index (χ2v) is 6.75. The van der Waals surface area contributed by atoms with E-state index >= 15 is 0 Å². The summed E-state index contributed by atoms with van der Waals surface area (Å²) < 4.78 is 0. The van der Waals surface area contributed by atoms with E-state index in [-0.39, 0.29) is 11.8 Å². The van der Waals surface area contributed by atoms with Gasteiger partial charge in [0, 0.05) is 18.6 Å². The molecule has 2 saturated heterocycles. The van der Waals surface area contributed by atoms with Gasteiger partial charge in [0.2, 0.25) is 5.91 Å². The second kappa shape index (κ2) is 5.35. The van der Waals surface area contributed by atoms with E-state index in [4.69, 9.17) is 0 Å². The Kier molecular flexibility index (Phi) is 3.71. The SMILES string of the molecule is O=C(NCC1(C(=O)O)CCCCC1)C1CC2CCC1N2. The number of hydrogen-bond acceptors (Lipinski definition) is 3. The van der Waals surface area contributed by atoms with Crippen LogP contribution in [0.2, 0.25) is 0 Å². The van der Waals surface area contributed by atoms with Gasteiger partial charge >= 0.3 is 5.97 Å². The molecule has 1 saturated carbocycles. The molecule has 0 aromatic rings. The first-order valence-corrected chi connectivity index (χ1v) is 7.88. The van der Waals surface area contributed by atoms with E-state index in [0.29, 0.717) is 31.5 Å². The molecule has 5 heteroatoms. The van der Waals surface area contributed by atoms with Crippen LogP contribution in [0.15, 0.2) is 0 Å². The molecule has 0 aromatic heterocycles. The zero-order valence-corrected chi connectivity index (χ0v) is 11.9. The Labute approximate surface area is 119 Å². The molecule has 2 bridgehead atoms. The maximum atomic E-state index is 12.3. The van der Waals surface area contributed by atoms with Gasteiger partial charge in [-0.25, -0.2) is 0 Å². The fourth-order valence-corrected chi connectivity index (χ4v) is 4.20. The molecule has 2 heterocycles. The molecule has 3 fully saturated rings. The Bertz CT molecular complexity index is 404. The molecular formula is C15H24N2O3. The third-order valence-corrected chi connectivity index (χ3v) is 5.50. The van der Waals surface area contributed by atoms with Crippen molar-refractivity contribution < 1.29 is 14.7 Å². The lowest BCUT2D eigenvalue weighted by Crippen LogP contribution is -2.47. The van der Waals surface area contributed by atoms with Crippen LogP contribution in [0.25, 0.3) is 0 Å².